The van der Waals surface area contributed by atoms with E-state index in [0.29, 0.717) is 18.1 Å². The first-order chi connectivity index (χ1) is 9.41. The van der Waals surface area contributed by atoms with Crippen molar-refractivity contribution in [3.63, 3.8) is 0 Å². The molecule has 0 spiro atoms. The average molecular weight is 280 g/mol. The number of aliphatic hydroxyl groups is 1. The molecule has 112 valence electrons. The fraction of sp³-hybridized carbons (Fsp3) is 0.625. The smallest absolute Gasteiger partial charge is 0.161 e. The quantitative estimate of drug-likeness (QED) is 0.900. The molecule has 0 saturated carbocycles. The molecule has 0 aromatic heterocycles. The molecule has 4 heteroatoms. The number of methoxy groups -OCH3 is 1. The van der Waals surface area contributed by atoms with E-state index in [9.17, 15) is 5.11 Å². The largest absolute Gasteiger partial charge is 0.493 e. The van der Waals surface area contributed by atoms with Gasteiger partial charge in [-0.2, -0.15) is 0 Å². The molecule has 1 N–H and O–H groups in total. The van der Waals surface area contributed by atoms with Crippen LogP contribution in [0.2, 0.25) is 0 Å². The van der Waals surface area contributed by atoms with Crippen molar-refractivity contribution in [1.29, 1.82) is 0 Å². The highest BCUT2D eigenvalue weighted by atomic mass is 16.6. The van der Waals surface area contributed by atoms with E-state index in [1.807, 2.05) is 12.1 Å². The molecule has 0 radical (unpaired) electrons. The van der Waals surface area contributed by atoms with Crippen molar-refractivity contribution < 1.29 is 19.3 Å². The van der Waals surface area contributed by atoms with Gasteiger partial charge in [0.15, 0.2) is 11.5 Å². The van der Waals surface area contributed by atoms with E-state index >= 15 is 0 Å². The van der Waals surface area contributed by atoms with Crippen molar-refractivity contribution in [2.45, 2.75) is 51.4 Å². The Balaban J connectivity index is 1.99. The first-order valence-corrected chi connectivity index (χ1v) is 7.08. The zero-order valence-corrected chi connectivity index (χ0v) is 12.7. The Kier molecular flexibility index (Phi) is 4.55. The topological polar surface area (TPSA) is 47.9 Å². The van der Waals surface area contributed by atoms with Gasteiger partial charge in [0.1, 0.15) is 6.61 Å². The summed E-state index contributed by atoms with van der Waals surface area (Å²) < 4.78 is 17.0. The Labute approximate surface area is 120 Å². The number of rotatable bonds is 5. The Morgan fingerprint density at radius 1 is 1.40 bits per heavy atom. The third-order valence-electron chi connectivity index (χ3n) is 3.65. The fourth-order valence-corrected chi connectivity index (χ4v) is 2.44. The van der Waals surface area contributed by atoms with Crippen LogP contribution < -0.4 is 9.47 Å². The lowest BCUT2D eigenvalue weighted by atomic mass is 10.1. The van der Waals surface area contributed by atoms with Crippen LogP contribution in [0.25, 0.3) is 0 Å². The van der Waals surface area contributed by atoms with Crippen molar-refractivity contribution in [3.8, 4) is 11.5 Å². The second kappa shape index (κ2) is 6.02. The van der Waals surface area contributed by atoms with Crippen LogP contribution in [0.5, 0.6) is 11.5 Å². The molecule has 1 fully saturated rings. The molecule has 1 saturated heterocycles. The van der Waals surface area contributed by atoms with E-state index < -0.39 is 6.10 Å². The van der Waals surface area contributed by atoms with Crippen LogP contribution in [-0.2, 0) is 4.74 Å². The molecule has 2 atom stereocenters. The molecule has 20 heavy (non-hydrogen) atoms. The molecule has 1 heterocycles. The van der Waals surface area contributed by atoms with Gasteiger partial charge in [0, 0.05) is 0 Å². The summed E-state index contributed by atoms with van der Waals surface area (Å²) in [5.74, 6) is 1.32. The predicted molar refractivity (Wildman–Crippen MR) is 77.3 cm³/mol. The van der Waals surface area contributed by atoms with E-state index in [4.69, 9.17) is 14.2 Å². The van der Waals surface area contributed by atoms with Gasteiger partial charge in [-0.05, 0) is 51.3 Å². The Hall–Kier alpha value is -1.26. The van der Waals surface area contributed by atoms with Crippen molar-refractivity contribution in [2.75, 3.05) is 13.7 Å². The van der Waals surface area contributed by atoms with E-state index in [1.54, 1.807) is 20.1 Å². The van der Waals surface area contributed by atoms with E-state index in [-0.39, 0.29) is 11.7 Å². The first kappa shape index (κ1) is 15.1. The van der Waals surface area contributed by atoms with Crippen LogP contribution in [-0.4, -0.2) is 30.5 Å². The molecule has 2 rings (SSSR count). The van der Waals surface area contributed by atoms with Gasteiger partial charge < -0.3 is 19.3 Å². The van der Waals surface area contributed by atoms with Crippen LogP contribution in [0.4, 0.5) is 0 Å². The molecule has 1 aliphatic rings. The molecule has 2 unspecified atom stereocenters. The molecule has 0 aliphatic carbocycles. The standard InChI is InChI=1S/C16H24O4/c1-11(17)12-5-6-14(15(9-12)18-4)19-10-13-7-8-16(2,3)20-13/h5-6,9,11,13,17H,7-8,10H2,1-4H3. The van der Waals surface area contributed by atoms with Crippen LogP contribution >= 0.6 is 0 Å². The van der Waals surface area contributed by atoms with E-state index in [2.05, 4.69) is 13.8 Å². The highest BCUT2D eigenvalue weighted by molar-refractivity contribution is 5.43. The maximum absolute atomic E-state index is 9.58. The van der Waals surface area contributed by atoms with Crippen LogP contribution in [0.1, 0.15) is 45.3 Å². The first-order valence-electron chi connectivity index (χ1n) is 7.08. The summed E-state index contributed by atoms with van der Waals surface area (Å²) in [5.41, 5.74) is 0.765. The lowest BCUT2D eigenvalue weighted by Gasteiger charge is -2.20. The van der Waals surface area contributed by atoms with Crippen molar-refractivity contribution >= 4 is 0 Å². The minimum atomic E-state index is -0.517. The molecule has 0 amide bonds. The monoisotopic (exact) mass is 280 g/mol. The molecule has 1 aromatic carbocycles. The summed E-state index contributed by atoms with van der Waals surface area (Å²) >= 11 is 0. The van der Waals surface area contributed by atoms with Gasteiger partial charge in [0.05, 0.1) is 24.9 Å². The highest BCUT2D eigenvalue weighted by Gasteiger charge is 2.32. The van der Waals surface area contributed by atoms with Gasteiger partial charge in [-0.25, -0.2) is 0 Å². The van der Waals surface area contributed by atoms with E-state index in [0.717, 1.165) is 18.4 Å². The third kappa shape index (κ3) is 3.64. The maximum atomic E-state index is 9.58. The molecular weight excluding hydrogens is 256 g/mol. The predicted octanol–water partition coefficient (Wildman–Crippen LogP) is 3.08. The summed E-state index contributed by atoms with van der Waals surface area (Å²) in [7, 11) is 1.60. The minimum absolute atomic E-state index is 0.0473. The van der Waals surface area contributed by atoms with Crippen LogP contribution in [0.3, 0.4) is 0 Å². The van der Waals surface area contributed by atoms with Gasteiger partial charge in [0.25, 0.3) is 0 Å². The zero-order chi connectivity index (χ0) is 14.8. The Morgan fingerprint density at radius 3 is 2.70 bits per heavy atom. The Morgan fingerprint density at radius 2 is 2.15 bits per heavy atom. The minimum Gasteiger partial charge on any atom is -0.493 e. The zero-order valence-electron chi connectivity index (χ0n) is 12.7. The number of benzene rings is 1. The van der Waals surface area contributed by atoms with Gasteiger partial charge in [0.2, 0.25) is 0 Å². The fourth-order valence-electron chi connectivity index (χ4n) is 2.44. The van der Waals surface area contributed by atoms with Crippen molar-refractivity contribution in [1.82, 2.24) is 0 Å². The van der Waals surface area contributed by atoms with Crippen LogP contribution in [0.15, 0.2) is 18.2 Å². The maximum Gasteiger partial charge on any atom is 0.161 e. The lowest BCUT2D eigenvalue weighted by molar-refractivity contribution is -0.0329. The summed E-state index contributed by atoms with van der Waals surface area (Å²) in [6.07, 6.45) is 1.68. The average Bonchev–Trinajstić information content (AvgIpc) is 2.75. The summed E-state index contributed by atoms with van der Waals surface area (Å²) in [4.78, 5) is 0. The second-order valence-corrected chi connectivity index (χ2v) is 5.94. The molecule has 1 aliphatic heterocycles. The van der Waals surface area contributed by atoms with Gasteiger partial charge in [-0.15, -0.1) is 0 Å². The number of hydrogen-bond donors (Lipinski definition) is 1. The second-order valence-electron chi connectivity index (χ2n) is 5.94. The van der Waals surface area contributed by atoms with Crippen molar-refractivity contribution in [2.24, 2.45) is 0 Å². The van der Waals surface area contributed by atoms with Gasteiger partial charge >= 0.3 is 0 Å². The van der Waals surface area contributed by atoms with Crippen LogP contribution in [0, 0.1) is 0 Å². The molecule has 1 aromatic rings. The van der Waals surface area contributed by atoms with Gasteiger partial charge in [-0.3, -0.25) is 0 Å². The van der Waals surface area contributed by atoms with E-state index in [1.165, 1.54) is 0 Å². The summed E-state index contributed by atoms with van der Waals surface area (Å²) in [6, 6.07) is 5.49. The molecule has 0 bridgehead atoms. The van der Waals surface area contributed by atoms with Crippen molar-refractivity contribution in [3.05, 3.63) is 23.8 Å². The number of hydrogen-bond acceptors (Lipinski definition) is 4. The third-order valence-corrected chi connectivity index (χ3v) is 3.65. The normalized spacial score (nSPS) is 22.6. The highest BCUT2D eigenvalue weighted by Crippen LogP contribution is 2.33. The summed E-state index contributed by atoms with van der Waals surface area (Å²) in [5, 5.41) is 9.58. The molecule has 4 nitrogen and oxygen atoms in total. The SMILES string of the molecule is COc1cc(C(C)O)ccc1OCC1CCC(C)(C)O1. The van der Waals surface area contributed by atoms with Gasteiger partial charge in [-0.1, -0.05) is 6.07 Å². The number of ether oxygens (including phenoxy) is 3. The molecular formula is C16H24O4. The number of aliphatic hydroxyl groups excluding tert-OH is 1. The Bertz CT molecular complexity index is 454. The lowest BCUT2D eigenvalue weighted by Crippen LogP contribution is -2.24. The summed E-state index contributed by atoms with van der Waals surface area (Å²) in [6.45, 7) is 6.45.